The molecule has 0 atom stereocenters. The summed E-state index contributed by atoms with van der Waals surface area (Å²) in [5, 5.41) is 0.599. The van der Waals surface area contributed by atoms with Crippen molar-refractivity contribution in [3.8, 4) is 0 Å². The second kappa shape index (κ2) is 14.7. The van der Waals surface area contributed by atoms with Gasteiger partial charge in [-0.25, -0.2) is 14.2 Å². The summed E-state index contributed by atoms with van der Waals surface area (Å²) in [5.41, 5.74) is 1.79. The van der Waals surface area contributed by atoms with Gasteiger partial charge in [-0.2, -0.15) is 4.98 Å². The van der Waals surface area contributed by atoms with Crippen molar-refractivity contribution in [2.24, 2.45) is 7.05 Å². The van der Waals surface area contributed by atoms with Crippen LogP contribution < -0.4 is 11.2 Å². The first-order chi connectivity index (χ1) is 17.5. The van der Waals surface area contributed by atoms with E-state index < -0.39 is 0 Å². The molecule has 0 saturated heterocycles. The van der Waals surface area contributed by atoms with Crippen molar-refractivity contribution in [1.82, 2.24) is 19.1 Å². The van der Waals surface area contributed by atoms with Crippen LogP contribution in [0.25, 0.3) is 0 Å². The maximum Gasteiger partial charge on any atom is 0.347 e. The van der Waals surface area contributed by atoms with E-state index in [9.17, 15) is 14.0 Å². The fraction of sp³-hybridized carbons (Fsp3) is 0.500. The van der Waals surface area contributed by atoms with E-state index in [0.29, 0.717) is 29.4 Å². The molecule has 0 aliphatic carbocycles. The van der Waals surface area contributed by atoms with Gasteiger partial charge in [0.15, 0.2) is 5.16 Å². The van der Waals surface area contributed by atoms with Gasteiger partial charge in [-0.1, -0.05) is 82.2 Å². The Kier molecular flexibility index (Phi) is 11.4. The zero-order valence-corrected chi connectivity index (χ0v) is 22.2. The molecule has 3 rings (SSSR count). The number of rotatable bonds is 15. The smallest absolute Gasteiger partial charge is 0.330 e. The molecule has 0 aliphatic heterocycles. The molecular weight excluding hydrogens is 475 g/mol. The van der Waals surface area contributed by atoms with Gasteiger partial charge in [-0.05, 0) is 29.7 Å². The van der Waals surface area contributed by atoms with Gasteiger partial charge in [0.25, 0.3) is 5.56 Å². The Morgan fingerprint density at radius 1 is 0.889 bits per heavy atom. The lowest BCUT2D eigenvalue weighted by molar-refractivity contribution is 0.528. The summed E-state index contributed by atoms with van der Waals surface area (Å²) >= 11 is 1.43. The van der Waals surface area contributed by atoms with Crippen molar-refractivity contribution >= 4 is 11.8 Å². The topological polar surface area (TPSA) is 69.8 Å². The third kappa shape index (κ3) is 9.04. The first kappa shape index (κ1) is 27.8. The van der Waals surface area contributed by atoms with Gasteiger partial charge in [-0.15, -0.1) is 0 Å². The van der Waals surface area contributed by atoms with Crippen LogP contribution in [-0.4, -0.2) is 19.1 Å². The van der Waals surface area contributed by atoms with Gasteiger partial charge in [0.1, 0.15) is 5.82 Å². The molecular formula is C28H37FN4O2S. The number of unbranched alkanes of at least 4 members (excludes halogenated alkanes) is 8. The Bertz CT molecular complexity index is 1210. The quantitative estimate of drug-likeness (QED) is 0.144. The lowest BCUT2D eigenvalue weighted by Crippen LogP contribution is -2.24. The fourth-order valence-corrected chi connectivity index (χ4v) is 5.02. The minimum atomic E-state index is -0.286. The summed E-state index contributed by atoms with van der Waals surface area (Å²) in [6.45, 7) is 2.88. The summed E-state index contributed by atoms with van der Waals surface area (Å²) in [5.74, 6) is 0.320. The van der Waals surface area contributed by atoms with Gasteiger partial charge in [0.2, 0.25) is 0 Å². The van der Waals surface area contributed by atoms with Crippen LogP contribution in [0.5, 0.6) is 0 Å². The number of hydrogen-bond donors (Lipinski definition) is 0. The zero-order valence-electron chi connectivity index (χ0n) is 21.4. The van der Waals surface area contributed by atoms with Crippen molar-refractivity contribution in [3.05, 3.63) is 86.2 Å². The molecule has 2 heterocycles. The highest BCUT2D eigenvalue weighted by Gasteiger charge is 2.10. The van der Waals surface area contributed by atoms with Crippen molar-refractivity contribution in [2.75, 3.05) is 0 Å². The van der Waals surface area contributed by atoms with E-state index in [1.807, 2.05) is 17.8 Å². The molecule has 0 bridgehead atoms. The highest BCUT2D eigenvalue weighted by Crippen LogP contribution is 2.20. The second-order valence-electron chi connectivity index (χ2n) is 9.32. The number of halogens is 1. The molecule has 0 unspecified atom stereocenters. The van der Waals surface area contributed by atoms with E-state index in [1.54, 1.807) is 29.1 Å². The number of thioether (sulfide) groups is 1. The second-order valence-corrected chi connectivity index (χ2v) is 10.3. The predicted molar refractivity (Wildman–Crippen MR) is 144 cm³/mol. The Balaban J connectivity index is 1.52. The SMILES string of the molecule is CCCCCCCCCCCn1cc(Cc2cn(C)c(SCc3ccc(F)cc3)nc2=O)cnc1=O. The minimum absolute atomic E-state index is 0.253. The van der Waals surface area contributed by atoms with Gasteiger partial charge in [0, 0.05) is 49.9 Å². The van der Waals surface area contributed by atoms with E-state index >= 15 is 0 Å². The molecule has 0 amide bonds. The Labute approximate surface area is 217 Å². The Hall–Kier alpha value is -2.74. The summed E-state index contributed by atoms with van der Waals surface area (Å²) in [6, 6.07) is 6.31. The summed E-state index contributed by atoms with van der Waals surface area (Å²) in [4.78, 5) is 33.2. The van der Waals surface area contributed by atoms with Gasteiger partial charge >= 0.3 is 5.69 Å². The number of benzene rings is 1. The molecule has 6 nitrogen and oxygen atoms in total. The van der Waals surface area contributed by atoms with Gasteiger partial charge in [0.05, 0.1) is 0 Å². The number of aryl methyl sites for hydroxylation is 2. The molecule has 3 aromatic rings. The molecule has 0 N–H and O–H groups in total. The lowest BCUT2D eigenvalue weighted by atomic mass is 10.1. The highest BCUT2D eigenvalue weighted by atomic mass is 32.2. The lowest BCUT2D eigenvalue weighted by Gasteiger charge is -2.10. The number of aromatic nitrogens is 4. The van der Waals surface area contributed by atoms with Crippen LogP contribution in [0.4, 0.5) is 4.39 Å². The van der Waals surface area contributed by atoms with E-state index in [-0.39, 0.29) is 17.1 Å². The summed E-state index contributed by atoms with van der Waals surface area (Å²) in [7, 11) is 1.85. The molecule has 0 saturated carbocycles. The molecule has 0 radical (unpaired) electrons. The summed E-state index contributed by atoms with van der Waals surface area (Å²) < 4.78 is 16.6. The molecule has 2 aromatic heterocycles. The van der Waals surface area contributed by atoms with Crippen LogP contribution in [0.2, 0.25) is 0 Å². The van der Waals surface area contributed by atoms with Crippen molar-refractivity contribution in [3.63, 3.8) is 0 Å². The van der Waals surface area contributed by atoms with Crippen LogP contribution in [0, 0.1) is 5.82 Å². The number of nitrogens with zero attached hydrogens (tertiary/aromatic N) is 4. The molecule has 36 heavy (non-hydrogen) atoms. The molecule has 0 fully saturated rings. The Morgan fingerprint density at radius 3 is 2.25 bits per heavy atom. The zero-order chi connectivity index (χ0) is 25.8. The van der Waals surface area contributed by atoms with Crippen molar-refractivity contribution < 1.29 is 4.39 Å². The Morgan fingerprint density at radius 2 is 1.56 bits per heavy atom. The third-order valence-electron chi connectivity index (χ3n) is 6.21. The minimum Gasteiger partial charge on any atom is -0.330 e. The normalized spacial score (nSPS) is 11.2. The molecule has 1 aromatic carbocycles. The molecule has 0 aliphatic rings. The van der Waals surface area contributed by atoms with E-state index in [2.05, 4.69) is 16.9 Å². The monoisotopic (exact) mass is 512 g/mol. The first-order valence-electron chi connectivity index (χ1n) is 13.0. The van der Waals surface area contributed by atoms with Crippen LogP contribution in [0.3, 0.4) is 0 Å². The largest absolute Gasteiger partial charge is 0.347 e. The van der Waals surface area contributed by atoms with Gasteiger partial charge < -0.3 is 4.57 Å². The predicted octanol–water partition coefficient (Wildman–Crippen LogP) is 5.89. The van der Waals surface area contributed by atoms with Gasteiger partial charge in [-0.3, -0.25) is 9.36 Å². The van der Waals surface area contributed by atoms with Crippen LogP contribution in [0.1, 0.15) is 81.4 Å². The summed E-state index contributed by atoms with van der Waals surface area (Å²) in [6.07, 6.45) is 16.6. The van der Waals surface area contributed by atoms with Crippen molar-refractivity contribution in [1.29, 1.82) is 0 Å². The van der Waals surface area contributed by atoms with E-state index in [0.717, 1.165) is 24.0 Å². The maximum atomic E-state index is 13.1. The molecule has 0 spiro atoms. The fourth-order valence-electron chi connectivity index (χ4n) is 4.13. The van der Waals surface area contributed by atoms with E-state index in [4.69, 9.17) is 0 Å². The van der Waals surface area contributed by atoms with Crippen LogP contribution >= 0.6 is 11.8 Å². The van der Waals surface area contributed by atoms with Crippen LogP contribution in [0.15, 0.2) is 57.6 Å². The van der Waals surface area contributed by atoms with Crippen molar-refractivity contribution in [2.45, 2.75) is 88.6 Å². The average molecular weight is 513 g/mol. The maximum absolute atomic E-state index is 13.1. The standard InChI is InChI=1S/C28H37FN4O2S/c1-3-4-5-6-7-8-9-10-11-16-33-19-23(18-30-27(33)35)17-24-20-32(2)28(31-26(24)34)36-21-22-12-14-25(29)15-13-22/h12-15,18-20H,3-11,16-17,21H2,1-2H3. The number of hydrogen-bond acceptors (Lipinski definition) is 5. The average Bonchev–Trinajstić information content (AvgIpc) is 2.87. The highest BCUT2D eigenvalue weighted by molar-refractivity contribution is 7.98. The third-order valence-corrected chi connectivity index (χ3v) is 7.32. The van der Waals surface area contributed by atoms with E-state index in [1.165, 1.54) is 68.8 Å². The van der Waals surface area contributed by atoms with Crippen LogP contribution in [-0.2, 0) is 25.8 Å². The molecule has 8 heteroatoms. The first-order valence-corrected chi connectivity index (χ1v) is 13.9. The molecule has 194 valence electrons.